The average Bonchev–Trinajstić information content (AvgIpc) is 3.64. The van der Waals surface area contributed by atoms with Gasteiger partial charge in [-0.2, -0.15) is 0 Å². The Bertz CT molecular complexity index is 1800. The lowest BCUT2D eigenvalue weighted by Crippen LogP contribution is -2.68. The van der Waals surface area contributed by atoms with Crippen molar-refractivity contribution in [3.63, 3.8) is 0 Å². The van der Waals surface area contributed by atoms with Crippen molar-refractivity contribution < 1.29 is 112 Å². The number of aliphatic hydroxyl groups is 9. The van der Waals surface area contributed by atoms with Crippen molar-refractivity contribution in [1.29, 1.82) is 0 Å². The number of ether oxygens (including phenoxy) is 12. The second-order valence-electron chi connectivity index (χ2n) is 23.6. The highest BCUT2D eigenvalue weighted by Gasteiger charge is 2.58. The first-order chi connectivity index (χ1) is 38.7. The van der Waals surface area contributed by atoms with Crippen LogP contribution < -0.4 is 0 Å². The van der Waals surface area contributed by atoms with Crippen LogP contribution in [0.15, 0.2) is 0 Å². The van der Waals surface area contributed by atoms with Gasteiger partial charge >= 0.3 is 11.9 Å². The average molecular weight is 1170 g/mol. The molecule has 0 spiro atoms. The van der Waals surface area contributed by atoms with E-state index in [9.17, 15) is 55.5 Å². The number of carbonyl (C=O) groups excluding carboxylic acids is 2. The van der Waals surface area contributed by atoms with Gasteiger partial charge in [-0.15, -0.1) is 0 Å². The number of hydrogen-bond acceptors (Lipinski definition) is 23. The van der Waals surface area contributed by atoms with E-state index in [-0.39, 0.29) is 18.9 Å². The van der Waals surface area contributed by atoms with Crippen LogP contribution in [0.2, 0.25) is 0 Å². The van der Waals surface area contributed by atoms with Gasteiger partial charge in [0, 0.05) is 12.8 Å². The van der Waals surface area contributed by atoms with Crippen LogP contribution in [-0.4, -0.2) is 218 Å². The highest BCUT2D eigenvalue weighted by molar-refractivity contribution is 5.70. The van der Waals surface area contributed by atoms with Crippen molar-refractivity contribution in [2.24, 2.45) is 0 Å². The van der Waals surface area contributed by atoms with E-state index in [1.165, 1.54) is 33.6 Å². The van der Waals surface area contributed by atoms with E-state index in [2.05, 4.69) is 13.8 Å². The van der Waals surface area contributed by atoms with Gasteiger partial charge in [-0.05, 0) is 60.3 Å². The molecular weight excluding hydrogens is 1060 g/mol. The summed E-state index contributed by atoms with van der Waals surface area (Å²) in [6.45, 7) is 11.9. The summed E-state index contributed by atoms with van der Waals surface area (Å²) in [4.78, 5) is 28.1. The molecule has 0 aromatic carbocycles. The summed E-state index contributed by atoms with van der Waals surface area (Å²) in [5, 5.41) is 101. The van der Waals surface area contributed by atoms with E-state index in [0.29, 0.717) is 12.8 Å². The van der Waals surface area contributed by atoms with Crippen molar-refractivity contribution in [1.82, 2.24) is 0 Å². The molecule has 0 aromatic heterocycles. The lowest BCUT2D eigenvalue weighted by atomic mass is 9.95. The number of aliphatic hydroxyl groups excluding tert-OH is 9. The van der Waals surface area contributed by atoms with Crippen LogP contribution >= 0.6 is 0 Å². The Morgan fingerprint density at radius 2 is 0.901 bits per heavy atom. The predicted molar refractivity (Wildman–Crippen MR) is 287 cm³/mol. The zero-order valence-electron chi connectivity index (χ0n) is 49.0. The molecule has 0 aromatic rings. The van der Waals surface area contributed by atoms with Crippen molar-refractivity contribution >= 4 is 11.9 Å². The van der Waals surface area contributed by atoms with E-state index in [1.54, 1.807) is 13.8 Å². The van der Waals surface area contributed by atoms with Crippen LogP contribution in [0.3, 0.4) is 0 Å². The van der Waals surface area contributed by atoms with Gasteiger partial charge in [0.05, 0.1) is 36.6 Å². The van der Waals surface area contributed by atoms with Crippen LogP contribution in [0.1, 0.15) is 196 Å². The Hall–Kier alpha value is -1.82. The summed E-state index contributed by atoms with van der Waals surface area (Å²) in [5.41, 5.74) is 0. The molecule has 0 unspecified atom stereocenters. The topological polar surface area (TPSA) is 327 Å². The van der Waals surface area contributed by atoms with Crippen LogP contribution in [-0.2, 0) is 66.4 Å². The van der Waals surface area contributed by atoms with E-state index >= 15 is 0 Å². The van der Waals surface area contributed by atoms with Crippen LogP contribution in [0.5, 0.6) is 0 Å². The Balaban J connectivity index is 1.33. The number of esters is 2. The lowest BCUT2D eigenvalue weighted by molar-refractivity contribution is -0.398. The Labute approximate surface area is 478 Å². The summed E-state index contributed by atoms with van der Waals surface area (Å²) < 4.78 is 75.5. The molecule has 26 atom stereocenters. The number of hydrogen-bond donors (Lipinski definition) is 9. The molecule has 0 amide bonds. The van der Waals surface area contributed by atoms with E-state index in [1.807, 2.05) is 0 Å². The minimum Gasteiger partial charge on any atom is -0.456 e. The SMILES string of the molecule is CCCCCCCCCCCC(=O)O[C@H]1[C@H](O[C@@H]2[C@H]3OC(=O)CCCCCCCCC[C@@H](CCCCC)O[C@H]4O[C@H](C)[C@H](O)[C@H](O[C@H](O[C@H]2C)[C@@H]3O)[C@H]4O)O[C@@H](C)[C@H](O[C@@H]2O[C@@H](C)[C@H](O)[C@@H](O)[C@H]2O)[C@H]1O[C@@H]1O[C@@H](C)[C@H](O)[C@@H](O)[C@H]1O. The first-order valence-electron chi connectivity index (χ1n) is 30.8. The third kappa shape index (κ3) is 19.1. The van der Waals surface area contributed by atoms with Crippen molar-refractivity contribution in [2.45, 2.75) is 356 Å². The predicted octanol–water partition coefficient (Wildman–Crippen LogP) is 3.73. The zero-order valence-corrected chi connectivity index (χ0v) is 49.0. The molecule has 4 bridgehead atoms. The molecule has 0 radical (unpaired) electrons. The summed E-state index contributed by atoms with van der Waals surface area (Å²) in [6.07, 6.45) is -18.9. The quantitative estimate of drug-likeness (QED) is 0.0584. The van der Waals surface area contributed by atoms with E-state index < -0.39 is 165 Å². The van der Waals surface area contributed by atoms with Crippen LogP contribution in [0.4, 0.5) is 0 Å². The molecule has 6 saturated heterocycles. The molecule has 9 N–H and O–H groups in total. The second-order valence-corrected chi connectivity index (χ2v) is 23.6. The molecule has 6 heterocycles. The third-order valence-electron chi connectivity index (χ3n) is 16.9. The van der Waals surface area contributed by atoms with E-state index in [0.717, 1.165) is 109 Å². The maximum Gasteiger partial charge on any atom is 0.306 e. The van der Waals surface area contributed by atoms with Gasteiger partial charge in [-0.25, -0.2) is 0 Å². The maximum atomic E-state index is 14.2. The molecule has 0 aliphatic carbocycles. The summed E-state index contributed by atoms with van der Waals surface area (Å²) >= 11 is 0. The van der Waals surface area contributed by atoms with Crippen molar-refractivity contribution in [2.75, 3.05) is 0 Å². The first-order valence-corrected chi connectivity index (χ1v) is 30.8. The fraction of sp³-hybridized carbons (Fsp3) is 0.966. The van der Waals surface area contributed by atoms with Crippen LogP contribution in [0, 0.1) is 0 Å². The number of rotatable bonds is 21. The standard InChI is InChI=1S/C58H102O23/c1-8-10-12-13-14-15-18-21-26-30-38(60)77-53-52(81-55-45(67)43(65)40(62)32(4)71-55)49(78-54-44(66)42(64)39(61)31(3)70-54)35(7)74-58(53)79-48-34(6)73-57-47(69)51(48)76-37(59)29-25-22-19-16-17-20-24-28-36(27-23-11-9-2)75-56-46(68)50(80-57)41(63)33(5)72-56/h31-36,39-58,61-69H,8-30H2,1-7H3/t31-,32-,33+,34-,35-,36+,39-,40-,41-,42+,43+,44+,45+,46+,47+,48-,49-,50-,51-,52+,53+,54-,55-,56+,57-,58-/m0/s1. The van der Waals surface area contributed by atoms with E-state index in [4.69, 9.17) is 56.8 Å². The summed E-state index contributed by atoms with van der Waals surface area (Å²) in [6, 6.07) is 0. The third-order valence-corrected chi connectivity index (χ3v) is 16.9. The Kier molecular flexibility index (Phi) is 28.6. The molecule has 81 heavy (non-hydrogen) atoms. The smallest absolute Gasteiger partial charge is 0.306 e. The van der Waals surface area contributed by atoms with Crippen molar-refractivity contribution in [3.05, 3.63) is 0 Å². The van der Waals surface area contributed by atoms with Crippen LogP contribution in [0.25, 0.3) is 0 Å². The largest absolute Gasteiger partial charge is 0.456 e. The monoisotopic (exact) mass is 1170 g/mol. The summed E-state index contributed by atoms with van der Waals surface area (Å²) in [7, 11) is 0. The number of carbonyl (C=O) groups is 2. The van der Waals surface area contributed by atoms with Gasteiger partial charge < -0.3 is 103 Å². The van der Waals surface area contributed by atoms with Crippen molar-refractivity contribution in [3.8, 4) is 0 Å². The molecule has 472 valence electrons. The fourth-order valence-electron chi connectivity index (χ4n) is 11.7. The lowest BCUT2D eigenvalue weighted by Gasteiger charge is -2.51. The van der Waals surface area contributed by atoms with Gasteiger partial charge in [0.2, 0.25) is 0 Å². The first kappa shape index (κ1) is 68.3. The number of fused-ring (bicyclic) bond motifs is 4. The minimum atomic E-state index is -1.88. The zero-order chi connectivity index (χ0) is 58.9. The van der Waals surface area contributed by atoms with Gasteiger partial charge in [-0.3, -0.25) is 9.59 Å². The molecule has 6 aliphatic rings. The summed E-state index contributed by atoms with van der Waals surface area (Å²) in [5.74, 6) is -1.41. The maximum absolute atomic E-state index is 14.2. The molecule has 0 saturated carbocycles. The molecule has 23 heteroatoms. The molecule has 6 fully saturated rings. The molecule has 6 rings (SSSR count). The minimum absolute atomic E-state index is 0.0167. The second kappa shape index (κ2) is 33.9. The van der Waals surface area contributed by atoms with Gasteiger partial charge in [-0.1, -0.05) is 123 Å². The molecular formula is C58H102O23. The number of unbranched alkanes of at least 4 members (excludes halogenated alkanes) is 10. The fourth-order valence-corrected chi connectivity index (χ4v) is 11.7. The highest BCUT2D eigenvalue weighted by atomic mass is 16.8. The normalized spacial score (nSPS) is 43.5. The van der Waals surface area contributed by atoms with Gasteiger partial charge in [0.15, 0.2) is 43.7 Å². The highest BCUT2D eigenvalue weighted by Crippen LogP contribution is 2.39. The molecule has 6 aliphatic heterocycles. The Morgan fingerprint density at radius 3 is 1.52 bits per heavy atom. The Morgan fingerprint density at radius 1 is 0.432 bits per heavy atom. The van der Waals surface area contributed by atoms with Gasteiger partial charge in [0.1, 0.15) is 79.4 Å². The molecule has 23 nitrogen and oxygen atoms in total. The van der Waals surface area contributed by atoms with Gasteiger partial charge in [0.25, 0.3) is 0 Å².